The minimum Gasteiger partial charge on any atom is -0.419 e. The van der Waals surface area contributed by atoms with Crippen LogP contribution in [-0.4, -0.2) is 273 Å². The van der Waals surface area contributed by atoms with Crippen LogP contribution in [0.3, 0.4) is 0 Å². The number of likely N-dealkylation sites (N-methyl/N-ethyl adjacent to an activating group) is 1. The summed E-state index contributed by atoms with van der Waals surface area (Å²) < 4.78 is 33.1. The van der Waals surface area contributed by atoms with Gasteiger partial charge < -0.3 is 110 Å². The highest BCUT2D eigenvalue weighted by atomic mass is 35.5. The Labute approximate surface area is 409 Å². The van der Waals surface area contributed by atoms with Crippen molar-refractivity contribution in [1.29, 1.82) is 0 Å². The molecular formula is C42H60ClN7O21. The Hall–Kier alpha value is -3.80. The second-order valence-electron chi connectivity index (χ2n) is 17.7. The molecule has 71 heavy (non-hydrogen) atoms. The SMILES string of the molecule is CN1CCN(C(=O)OC2c3nccnc3C(=O)N2c2ccc(Cl)cn2)CC1.C[C@H]1O[C@H](O[C@H]2[C@H](O)[C@@H](O)[C@@H](O[C@H]3[C@H](O)[C@@H](O)[C@H](O)O[C@@H]3CO)O[C@@H]2CO)[C@H](O)[C@@H](O)[C@@H]1N[C@H]1C=C(CO)[C@@H](O)[C@H](O)[C@H]1O. The number of aliphatic hydroxyl groups excluding tert-OH is 13. The highest BCUT2D eigenvalue weighted by Gasteiger charge is 2.54. The monoisotopic (exact) mass is 1030 g/mol. The molecule has 1 unspecified atom stereocenters. The van der Waals surface area contributed by atoms with Gasteiger partial charge in [-0.05, 0) is 31.7 Å². The van der Waals surface area contributed by atoms with Gasteiger partial charge in [0.05, 0.1) is 43.0 Å². The molecule has 0 radical (unpaired) electrons. The van der Waals surface area contributed by atoms with Gasteiger partial charge in [0, 0.05) is 44.8 Å². The predicted octanol–water partition coefficient (Wildman–Crippen LogP) is -7.00. The van der Waals surface area contributed by atoms with Gasteiger partial charge in [-0.2, -0.15) is 0 Å². The number of piperazine rings is 1. The Kier molecular flexibility index (Phi) is 18.3. The fraction of sp³-hybridized carbons (Fsp3) is 0.690. The van der Waals surface area contributed by atoms with E-state index in [1.807, 2.05) is 7.05 Å². The fourth-order valence-corrected chi connectivity index (χ4v) is 8.97. The zero-order valence-electron chi connectivity index (χ0n) is 38.1. The van der Waals surface area contributed by atoms with Gasteiger partial charge in [-0.3, -0.25) is 9.78 Å². The highest BCUT2D eigenvalue weighted by molar-refractivity contribution is 6.30. The molecule has 2 amide bonds. The van der Waals surface area contributed by atoms with E-state index in [1.165, 1.54) is 36.5 Å². The van der Waals surface area contributed by atoms with E-state index < -0.39 is 154 Å². The third-order valence-electron chi connectivity index (χ3n) is 13.0. The fourth-order valence-electron chi connectivity index (χ4n) is 8.85. The molecule has 1 aliphatic carbocycles. The molecule has 0 bridgehead atoms. The van der Waals surface area contributed by atoms with Crippen molar-refractivity contribution < 1.29 is 104 Å². The molecule has 8 rings (SSSR count). The van der Waals surface area contributed by atoms with Crippen molar-refractivity contribution >= 4 is 29.4 Å². The lowest BCUT2D eigenvalue weighted by Gasteiger charge is -2.48. The molecule has 5 aliphatic heterocycles. The molecular weight excluding hydrogens is 974 g/mol. The number of ether oxygens (including phenoxy) is 6. The number of carbonyl (C=O) groups excluding carboxylic acids is 2. The zero-order chi connectivity index (χ0) is 51.6. The van der Waals surface area contributed by atoms with Crippen LogP contribution >= 0.6 is 11.6 Å². The summed E-state index contributed by atoms with van der Waals surface area (Å²) in [6.07, 6.45) is -23.8. The van der Waals surface area contributed by atoms with Gasteiger partial charge in [-0.15, -0.1) is 0 Å². The maximum Gasteiger partial charge on any atom is 0.412 e. The lowest BCUT2D eigenvalue weighted by Crippen LogP contribution is -2.68. The quantitative estimate of drug-likeness (QED) is 0.0930. The molecule has 20 atom stereocenters. The summed E-state index contributed by atoms with van der Waals surface area (Å²) in [5.41, 5.74) is 0.460. The van der Waals surface area contributed by atoms with Gasteiger partial charge in [-0.1, -0.05) is 17.7 Å². The molecule has 2 aromatic rings. The van der Waals surface area contributed by atoms with Crippen molar-refractivity contribution in [3.8, 4) is 0 Å². The number of fused-ring (bicyclic) bond motifs is 1. The van der Waals surface area contributed by atoms with Crippen molar-refractivity contribution in [3.05, 3.63) is 58.8 Å². The second kappa shape index (κ2) is 23.6. The van der Waals surface area contributed by atoms with E-state index in [0.717, 1.165) is 13.1 Å². The molecule has 4 saturated heterocycles. The first-order valence-electron chi connectivity index (χ1n) is 22.6. The van der Waals surface area contributed by atoms with Crippen molar-refractivity contribution in [3.63, 3.8) is 0 Å². The smallest absolute Gasteiger partial charge is 0.412 e. The largest absolute Gasteiger partial charge is 0.419 e. The molecule has 0 spiro atoms. The zero-order valence-corrected chi connectivity index (χ0v) is 38.9. The minimum atomic E-state index is -1.93. The van der Waals surface area contributed by atoms with Crippen LogP contribution < -0.4 is 10.2 Å². The maximum absolute atomic E-state index is 12.8. The van der Waals surface area contributed by atoms with Crippen LogP contribution in [-0.2, 0) is 28.4 Å². The number of anilines is 1. The number of nitrogens with zero attached hydrogens (tertiary/aromatic N) is 6. The second-order valence-corrected chi connectivity index (χ2v) is 18.1. The van der Waals surface area contributed by atoms with Crippen LogP contribution in [0.2, 0.25) is 5.02 Å². The average Bonchev–Trinajstić information content (AvgIpc) is 3.64. The van der Waals surface area contributed by atoms with Gasteiger partial charge in [0.15, 0.2) is 24.6 Å². The van der Waals surface area contributed by atoms with E-state index in [4.69, 9.17) is 40.0 Å². The van der Waals surface area contributed by atoms with E-state index in [2.05, 4.69) is 25.2 Å². The first-order chi connectivity index (χ1) is 33.8. The Balaban J connectivity index is 0.000000233. The van der Waals surface area contributed by atoms with Gasteiger partial charge in [0.2, 0.25) is 6.23 Å². The van der Waals surface area contributed by atoms with Crippen molar-refractivity contribution in [2.75, 3.05) is 57.9 Å². The first-order valence-corrected chi connectivity index (χ1v) is 22.9. The molecule has 14 N–H and O–H groups in total. The van der Waals surface area contributed by atoms with Crippen LogP contribution in [0.5, 0.6) is 0 Å². The molecule has 2 aromatic heterocycles. The van der Waals surface area contributed by atoms with E-state index >= 15 is 0 Å². The molecule has 0 aromatic carbocycles. The summed E-state index contributed by atoms with van der Waals surface area (Å²) in [6.45, 7) is 1.89. The molecule has 7 heterocycles. The number of aliphatic hydroxyl groups is 13. The van der Waals surface area contributed by atoms with Crippen molar-refractivity contribution in [2.24, 2.45) is 0 Å². The van der Waals surface area contributed by atoms with Crippen LogP contribution in [0.25, 0.3) is 0 Å². The van der Waals surface area contributed by atoms with E-state index in [-0.39, 0.29) is 11.3 Å². The summed E-state index contributed by atoms with van der Waals surface area (Å²) in [5, 5.41) is 136. The summed E-state index contributed by atoms with van der Waals surface area (Å²) in [5.74, 6) is -0.121. The van der Waals surface area contributed by atoms with Crippen LogP contribution in [0.15, 0.2) is 42.4 Å². The molecule has 4 fully saturated rings. The number of pyridine rings is 1. The lowest BCUT2D eigenvalue weighted by atomic mass is 9.86. The summed E-state index contributed by atoms with van der Waals surface area (Å²) in [4.78, 5) is 43.0. The van der Waals surface area contributed by atoms with Crippen molar-refractivity contribution in [1.82, 2.24) is 30.1 Å². The van der Waals surface area contributed by atoms with Crippen LogP contribution in [0, 0.1) is 0 Å². The number of carbonyl (C=O) groups is 2. The number of hydrogen-bond acceptors (Lipinski definition) is 26. The third kappa shape index (κ3) is 11.6. The standard InChI is InChI=1S/C25H43NO18.C17H17ClN6O3/c1-6-11(26-8-2-7(3-27)12(30)15(33)13(8)31)14(32)19(37)24(40-6)43-22-10(5-29)42-25(20(38)17(22)35)44-21-9(4-28)41-23(39)18(36)16(21)34;1-22-6-8-23(9-7-22)17(26)27-16-14-13(19-4-5-20-14)15(25)24(16)12-3-2-11(18)10-21-12/h2,6,8-39H,3-5H2,1H3;2-5,10,16H,6-9H2,1H3/t6-,8+,9-,10-,11-,12-,13+,14+,15+,16-,17-,18-,19-,20-,21-,22-,23-,24-,25-;/m1./s1. The Morgan fingerprint density at radius 3 is 1.99 bits per heavy atom. The van der Waals surface area contributed by atoms with Crippen LogP contribution in [0.4, 0.5) is 10.6 Å². The van der Waals surface area contributed by atoms with Gasteiger partial charge >= 0.3 is 6.09 Å². The van der Waals surface area contributed by atoms with Crippen molar-refractivity contribution in [2.45, 2.75) is 130 Å². The molecule has 29 heteroatoms. The van der Waals surface area contributed by atoms with Gasteiger partial charge in [-0.25, -0.2) is 19.7 Å². The van der Waals surface area contributed by atoms with E-state index in [1.54, 1.807) is 17.0 Å². The number of halogens is 1. The number of nitrogens with one attached hydrogen (secondary N) is 1. The number of hydrogen-bond donors (Lipinski definition) is 14. The topological polar surface area (TPSA) is 413 Å². The Bertz CT molecular complexity index is 2130. The van der Waals surface area contributed by atoms with Crippen LogP contribution in [0.1, 0.15) is 29.3 Å². The summed E-state index contributed by atoms with van der Waals surface area (Å²) in [7, 11) is 2.00. The highest BCUT2D eigenvalue weighted by Crippen LogP contribution is 2.37. The number of aromatic nitrogens is 3. The Morgan fingerprint density at radius 1 is 0.761 bits per heavy atom. The lowest BCUT2D eigenvalue weighted by molar-refractivity contribution is -0.373. The number of amides is 2. The Morgan fingerprint density at radius 2 is 1.37 bits per heavy atom. The normalized spacial score (nSPS) is 39.8. The maximum atomic E-state index is 12.8. The molecule has 28 nitrogen and oxygen atoms in total. The molecule has 396 valence electrons. The van der Waals surface area contributed by atoms with Gasteiger partial charge in [0.25, 0.3) is 5.91 Å². The van der Waals surface area contributed by atoms with E-state index in [9.17, 15) is 76.0 Å². The minimum absolute atomic E-state index is 0.0225. The average molecular weight is 1030 g/mol. The molecule has 6 aliphatic rings. The van der Waals surface area contributed by atoms with E-state index in [0.29, 0.717) is 29.6 Å². The molecule has 0 saturated carbocycles. The number of rotatable bonds is 11. The summed E-state index contributed by atoms with van der Waals surface area (Å²) >= 11 is 5.89. The first kappa shape index (κ1) is 55.0. The van der Waals surface area contributed by atoms with Gasteiger partial charge in [0.1, 0.15) is 90.9 Å². The third-order valence-corrected chi connectivity index (χ3v) is 13.2. The predicted molar refractivity (Wildman–Crippen MR) is 234 cm³/mol. The summed E-state index contributed by atoms with van der Waals surface area (Å²) in [6, 6.07) is 1.03.